The molecule has 0 saturated heterocycles. The average Bonchev–Trinajstić information content (AvgIpc) is 2.47. The number of pyridine rings is 1. The summed E-state index contributed by atoms with van der Waals surface area (Å²) in [5.41, 5.74) is 1.34. The average molecular weight is 270 g/mol. The number of nitrogens with zero attached hydrogens (tertiary/aromatic N) is 1. The Balaban J connectivity index is 2.18. The summed E-state index contributed by atoms with van der Waals surface area (Å²) in [6.45, 7) is 1.48. The highest BCUT2D eigenvalue weighted by Crippen LogP contribution is 2.13. The third-order valence-corrected chi connectivity index (χ3v) is 2.69. The van der Waals surface area contributed by atoms with E-state index in [2.05, 4.69) is 10.3 Å². The molecule has 1 N–H and O–H groups in total. The molecule has 0 radical (unpaired) electrons. The zero-order chi connectivity index (χ0) is 14.5. The Kier molecular flexibility index (Phi) is 4.10. The van der Waals surface area contributed by atoms with Crippen LogP contribution in [0.25, 0.3) is 0 Å². The fourth-order valence-electron chi connectivity index (χ4n) is 1.67. The molecule has 0 fully saturated rings. The van der Waals surface area contributed by atoms with Gasteiger partial charge >= 0.3 is 0 Å². The number of ketones is 1. The molecule has 2 rings (SSSR count). The molecule has 5 heteroatoms. The third kappa shape index (κ3) is 3.20. The number of amides is 1. The Morgan fingerprint density at radius 2 is 1.90 bits per heavy atom. The second-order valence-electron chi connectivity index (χ2n) is 4.16. The molecule has 20 heavy (non-hydrogen) atoms. The highest BCUT2D eigenvalue weighted by Gasteiger charge is 2.09. The van der Waals surface area contributed by atoms with Gasteiger partial charge in [-0.05, 0) is 25.1 Å². The van der Waals surface area contributed by atoms with E-state index in [1.165, 1.54) is 14.0 Å². The molecule has 5 nitrogen and oxygen atoms in total. The van der Waals surface area contributed by atoms with Crippen molar-refractivity contribution in [2.45, 2.75) is 6.92 Å². The summed E-state index contributed by atoms with van der Waals surface area (Å²) < 4.78 is 4.97. The number of rotatable bonds is 4. The van der Waals surface area contributed by atoms with Gasteiger partial charge in [0.1, 0.15) is 5.69 Å². The second kappa shape index (κ2) is 5.97. The number of ether oxygens (including phenoxy) is 1. The van der Waals surface area contributed by atoms with Crippen LogP contribution in [-0.4, -0.2) is 23.8 Å². The van der Waals surface area contributed by atoms with Gasteiger partial charge in [-0.2, -0.15) is 0 Å². The molecular weight excluding hydrogens is 256 g/mol. The molecule has 0 unspecified atom stereocenters. The monoisotopic (exact) mass is 270 g/mol. The normalized spacial score (nSPS) is 9.90. The van der Waals surface area contributed by atoms with Crippen molar-refractivity contribution in [1.82, 2.24) is 4.98 Å². The van der Waals surface area contributed by atoms with E-state index in [1.54, 1.807) is 42.5 Å². The molecule has 1 amide bonds. The first-order valence-electron chi connectivity index (χ1n) is 6.03. The van der Waals surface area contributed by atoms with Gasteiger partial charge in [0, 0.05) is 17.3 Å². The number of hydrogen-bond acceptors (Lipinski definition) is 4. The summed E-state index contributed by atoms with van der Waals surface area (Å²) in [6.07, 6.45) is 0. The van der Waals surface area contributed by atoms with Crippen molar-refractivity contribution in [1.29, 1.82) is 0 Å². The first-order chi connectivity index (χ1) is 9.60. The van der Waals surface area contributed by atoms with Crippen LogP contribution in [0.1, 0.15) is 27.8 Å². The second-order valence-corrected chi connectivity index (χ2v) is 4.16. The standard InChI is InChI=1S/C15H14N2O3/c1-10(18)11-5-3-6-12(9-11)16-15(19)13-7-4-8-14(17-13)20-2/h3-9H,1-2H3,(H,16,19). The van der Waals surface area contributed by atoms with Gasteiger partial charge in [0.05, 0.1) is 7.11 Å². The van der Waals surface area contributed by atoms with Crippen LogP contribution in [0, 0.1) is 0 Å². The number of carbonyl (C=O) groups is 2. The van der Waals surface area contributed by atoms with Crippen LogP contribution in [-0.2, 0) is 0 Å². The molecule has 0 spiro atoms. The van der Waals surface area contributed by atoms with E-state index in [1.807, 2.05) is 0 Å². The van der Waals surface area contributed by atoms with Crippen molar-refractivity contribution in [2.75, 3.05) is 12.4 Å². The van der Waals surface area contributed by atoms with Crippen molar-refractivity contribution >= 4 is 17.4 Å². The lowest BCUT2D eigenvalue weighted by atomic mass is 10.1. The van der Waals surface area contributed by atoms with Gasteiger partial charge < -0.3 is 10.1 Å². The number of methoxy groups -OCH3 is 1. The Labute approximate surface area is 116 Å². The number of hydrogen-bond donors (Lipinski definition) is 1. The molecule has 0 atom stereocenters. The van der Waals surface area contributed by atoms with Gasteiger partial charge in [0.25, 0.3) is 5.91 Å². The predicted octanol–water partition coefficient (Wildman–Crippen LogP) is 2.55. The Morgan fingerprint density at radius 1 is 1.15 bits per heavy atom. The molecular formula is C15H14N2O3. The first-order valence-corrected chi connectivity index (χ1v) is 6.03. The number of anilines is 1. The van der Waals surface area contributed by atoms with Gasteiger partial charge in [0.2, 0.25) is 5.88 Å². The summed E-state index contributed by atoms with van der Waals surface area (Å²) in [5.74, 6) is -0.0413. The lowest BCUT2D eigenvalue weighted by Gasteiger charge is -2.06. The fourth-order valence-corrected chi connectivity index (χ4v) is 1.67. The van der Waals surface area contributed by atoms with Gasteiger partial charge in [-0.3, -0.25) is 9.59 Å². The van der Waals surface area contributed by atoms with Crippen molar-refractivity contribution < 1.29 is 14.3 Å². The molecule has 2 aromatic rings. The third-order valence-electron chi connectivity index (χ3n) is 2.69. The van der Waals surface area contributed by atoms with Crippen LogP contribution in [0.4, 0.5) is 5.69 Å². The Bertz CT molecular complexity index is 653. The highest BCUT2D eigenvalue weighted by molar-refractivity contribution is 6.04. The maximum Gasteiger partial charge on any atom is 0.274 e. The number of nitrogens with one attached hydrogen (secondary N) is 1. The topological polar surface area (TPSA) is 68.3 Å². The van der Waals surface area contributed by atoms with Gasteiger partial charge in [0.15, 0.2) is 5.78 Å². The minimum Gasteiger partial charge on any atom is -0.481 e. The van der Waals surface area contributed by atoms with E-state index < -0.39 is 0 Å². The summed E-state index contributed by atoms with van der Waals surface area (Å²) in [7, 11) is 1.49. The van der Waals surface area contributed by atoms with Crippen LogP contribution >= 0.6 is 0 Å². The van der Waals surface area contributed by atoms with E-state index in [0.29, 0.717) is 17.1 Å². The van der Waals surface area contributed by atoms with E-state index in [0.717, 1.165) is 0 Å². The van der Waals surface area contributed by atoms with Crippen molar-refractivity contribution in [3.05, 3.63) is 53.7 Å². The Hall–Kier alpha value is -2.69. The maximum atomic E-state index is 12.0. The predicted molar refractivity (Wildman–Crippen MR) is 75.2 cm³/mol. The van der Waals surface area contributed by atoms with Crippen LogP contribution < -0.4 is 10.1 Å². The quantitative estimate of drug-likeness (QED) is 0.867. The van der Waals surface area contributed by atoms with Gasteiger partial charge in [-0.15, -0.1) is 0 Å². The maximum absolute atomic E-state index is 12.0. The van der Waals surface area contributed by atoms with Gasteiger partial charge in [-0.1, -0.05) is 18.2 Å². The smallest absolute Gasteiger partial charge is 0.274 e. The zero-order valence-electron chi connectivity index (χ0n) is 11.2. The van der Waals surface area contributed by atoms with Crippen molar-refractivity contribution in [2.24, 2.45) is 0 Å². The largest absolute Gasteiger partial charge is 0.481 e. The molecule has 1 aromatic heterocycles. The van der Waals surface area contributed by atoms with E-state index in [9.17, 15) is 9.59 Å². The molecule has 0 bridgehead atoms. The molecule has 0 aliphatic rings. The van der Waals surface area contributed by atoms with Crippen molar-refractivity contribution in [3.8, 4) is 5.88 Å². The fraction of sp³-hybridized carbons (Fsp3) is 0.133. The number of benzene rings is 1. The highest BCUT2D eigenvalue weighted by atomic mass is 16.5. The molecule has 102 valence electrons. The zero-order valence-corrected chi connectivity index (χ0v) is 11.2. The SMILES string of the molecule is COc1cccc(C(=O)Nc2cccc(C(C)=O)c2)n1. The minimum atomic E-state index is -0.357. The molecule has 0 aliphatic carbocycles. The van der Waals surface area contributed by atoms with Crippen LogP contribution in [0.5, 0.6) is 5.88 Å². The molecule has 0 aliphatic heterocycles. The molecule has 0 saturated carbocycles. The Morgan fingerprint density at radius 3 is 2.60 bits per heavy atom. The minimum absolute atomic E-state index is 0.0550. The van der Waals surface area contributed by atoms with Crippen LogP contribution in [0.15, 0.2) is 42.5 Å². The number of carbonyl (C=O) groups excluding carboxylic acids is 2. The summed E-state index contributed by atoms with van der Waals surface area (Å²) in [6, 6.07) is 11.7. The summed E-state index contributed by atoms with van der Waals surface area (Å²) in [4.78, 5) is 27.4. The van der Waals surface area contributed by atoms with Crippen molar-refractivity contribution in [3.63, 3.8) is 0 Å². The van der Waals surface area contributed by atoms with Gasteiger partial charge in [-0.25, -0.2) is 4.98 Å². The van der Waals surface area contributed by atoms with E-state index in [4.69, 9.17) is 4.74 Å². The van der Waals surface area contributed by atoms with Crippen LogP contribution in [0.2, 0.25) is 0 Å². The van der Waals surface area contributed by atoms with Crippen LogP contribution in [0.3, 0.4) is 0 Å². The van der Waals surface area contributed by atoms with E-state index >= 15 is 0 Å². The summed E-state index contributed by atoms with van der Waals surface area (Å²) in [5, 5.41) is 2.70. The lowest BCUT2D eigenvalue weighted by molar-refractivity contribution is 0.100. The molecule has 1 heterocycles. The lowest BCUT2D eigenvalue weighted by Crippen LogP contribution is -2.14. The summed E-state index contributed by atoms with van der Waals surface area (Å²) >= 11 is 0. The first kappa shape index (κ1) is 13.7. The number of Topliss-reactive ketones (excluding diaryl/α,β-unsaturated/α-hetero) is 1. The van der Waals surface area contributed by atoms with E-state index in [-0.39, 0.29) is 17.4 Å². The number of aromatic nitrogens is 1. The molecule has 1 aromatic carbocycles.